The predicted octanol–water partition coefficient (Wildman–Crippen LogP) is 2.75. The number of carbonyl (C=O) groups is 1. The van der Waals surface area contributed by atoms with Crippen molar-refractivity contribution in [1.82, 2.24) is 15.0 Å². The van der Waals surface area contributed by atoms with Crippen LogP contribution in [0.2, 0.25) is 0 Å². The van der Waals surface area contributed by atoms with E-state index >= 15 is 0 Å². The van der Waals surface area contributed by atoms with Gasteiger partial charge in [0.2, 0.25) is 11.9 Å². The maximum absolute atomic E-state index is 14.2. The van der Waals surface area contributed by atoms with Crippen molar-refractivity contribution in [2.24, 2.45) is 5.73 Å². The van der Waals surface area contributed by atoms with Crippen molar-refractivity contribution in [3.8, 4) is 0 Å². The highest BCUT2D eigenvalue weighted by Gasteiger charge is 2.42. The highest BCUT2D eigenvalue weighted by Crippen LogP contribution is 2.43. The number of rotatable bonds is 4. The minimum absolute atomic E-state index is 0.332. The van der Waals surface area contributed by atoms with Crippen molar-refractivity contribution in [3.63, 3.8) is 0 Å². The molecule has 2 heterocycles. The number of halogens is 1. The van der Waals surface area contributed by atoms with E-state index in [1.165, 1.54) is 6.07 Å². The van der Waals surface area contributed by atoms with Crippen LogP contribution >= 0.6 is 0 Å². The molecule has 25 heavy (non-hydrogen) atoms. The van der Waals surface area contributed by atoms with E-state index in [-0.39, 0.29) is 5.82 Å². The number of hydrogen-bond acceptors (Lipinski definition) is 5. The van der Waals surface area contributed by atoms with Gasteiger partial charge in [-0.05, 0) is 49.6 Å². The van der Waals surface area contributed by atoms with E-state index in [9.17, 15) is 9.18 Å². The van der Waals surface area contributed by atoms with Crippen LogP contribution in [-0.4, -0.2) is 20.9 Å². The zero-order chi connectivity index (χ0) is 17.4. The van der Waals surface area contributed by atoms with E-state index in [1.54, 1.807) is 36.7 Å². The molecule has 1 saturated carbocycles. The molecule has 7 heteroatoms. The maximum atomic E-state index is 14.2. The first-order chi connectivity index (χ1) is 12.1. The highest BCUT2D eigenvalue weighted by atomic mass is 19.1. The predicted molar refractivity (Wildman–Crippen MR) is 91.4 cm³/mol. The molecule has 1 aliphatic carbocycles. The van der Waals surface area contributed by atoms with Crippen LogP contribution in [0.25, 0.3) is 10.9 Å². The standard InChI is InChI=1S/C18H16FN5O/c19-13-3-1-8-21-15(13)18(6-2-7-18)24-17-22-10-12-9-11(16(20)25)4-5-14(12)23-17/h1,3-5,8-10H,2,6-7H2,(H2,20,25)(H,22,23,24). The molecule has 126 valence electrons. The number of hydrogen-bond donors (Lipinski definition) is 2. The van der Waals surface area contributed by atoms with E-state index in [0.29, 0.717) is 28.1 Å². The lowest BCUT2D eigenvalue weighted by Gasteiger charge is -2.42. The monoisotopic (exact) mass is 337 g/mol. The number of pyridine rings is 1. The number of nitrogens with two attached hydrogens (primary N) is 1. The average molecular weight is 337 g/mol. The van der Waals surface area contributed by atoms with Crippen LogP contribution in [0.3, 0.4) is 0 Å². The Morgan fingerprint density at radius 2 is 2.08 bits per heavy atom. The zero-order valence-electron chi connectivity index (χ0n) is 13.4. The Labute approximate surface area is 143 Å². The molecule has 1 amide bonds. The Morgan fingerprint density at radius 1 is 1.24 bits per heavy atom. The SMILES string of the molecule is NC(=O)c1ccc2nc(NC3(c4ncccc4F)CCC3)ncc2c1. The number of anilines is 1. The van der Waals surface area contributed by atoms with Gasteiger partial charge in [0.25, 0.3) is 0 Å². The Bertz CT molecular complexity index is 971. The second-order valence-electron chi connectivity index (χ2n) is 6.23. The maximum Gasteiger partial charge on any atom is 0.248 e. The Hall–Kier alpha value is -3.09. The lowest BCUT2D eigenvalue weighted by atomic mass is 9.74. The van der Waals surface area contributed by atoms with Gasteiger partial charge in [-0.3, -0.25) is 9.78 Å². The second kappa shape index (κ2) is 5.77. The molecule has 0 aliphatic heterocycles. The van der Waals surface area contributed by atoms with Gasteiger partial charge in [0.1, 0.15) is 11.5 Å². The molecule has 0 bridgehead atoms. The van der Waals surface area contributed by atoms with Crippen molar-refractivity contribution in [1.29, 1.82) is 0 Å². The molecule has 0 atom stereocenters. The van der Waals surface area contributed by atoms with E-state index in [4.69, 9.17) is 5.73 Å². The molecule has 1 aliphatic rings. The topological polar surface area (TPSA) is 93.8 Å². The van der Waals surface area contributed by atoms with E-state index in [0.717, 1.165) is 19.3 Å². The van der Waals surface area contributed by atoms with Gasteiger partial charge >= 0.3 is 0 Å². The summed E-state index contributed by atoms with van der Waals surface area (Å²) in [6, 6.07) is 7.99. The largest absolute Gasteiger partial charge is 0.366 e. The van der Waals surface area contributed by atoms with Gasteiger partial charge in [-0.1, -0.05) is 0 Å². The smallest absolute Gasteiger partial charge is 0.248 e. The van der Waals surface area contributed by atoms with Gasteiger partial charge in [-0.15, -0.1) is 0 Å². The van der Waals surface area contributed by atoms with Crippen LogP contribution in [-0.2, 0) is 5.54 Å². The molecule has 0 unspecified atom stereocenters. The minimum Gasteiger partial charge on any atom is -0.366 e. The van der Waals surface area contributed by atoms with Gasteiger partial charge in [-0.2, -0.15) is 0 Å². The molecule has 3 N–H and O–H groups in total. The third kappa shape index (κ3) is 2.67. The fourth-order valence-electron chi connectivity index (χ4n) is 3.15. The molecule has 2 aromatic heterocycles. The van der Waals surface area contributed by atoms with E-state index in [2.05, 4.69) is 20.3 Å². The third-order valence-corrected chi connectivity index (χ3v) is 4.63. The Morgan fingerprint density at radius 3 is 2.76 bits per heavy atom. The van der Waals surface area contributed by atoms with Crippen LogP contribution in [0.5, 0.6) is 0 Å². The first kappa shape index (κ1) is 15.4. The lowest BCUT2D eigenvalue weighted by molar-refractivity contribution is 0.100. The van der Waals surface area contributed by atoms with E-state index in [1.807, 2.05) is 0 Å². The number of carbonyl (C=O) groups excluding carboxylic acids is 1. The normalized spacial score (nSPS) is 15.6. The van der Waals surface area contributed by atoms with E-state index < -0.39 is 11.4 Å². The van der Waals surface area contributed by atoms with Crippen LogP contribution in [0.4, 0.5) is 10.3 Å². The lowest BCUT2D eigenvalue weighted by Crippen LogP contribution is -2.44. The summed E-state index contributed by atoms with van der Waals surface area (Å²) in [4.78, 5) is 24.3. The number of aromatic nitrogens is 3. The zero-order valence-corrected chi connectivity index (χ0v) is 13.4. The molecule has 0 spiro atoms. The summed E-state index contributed by atoms with van der Waals surface area (Å²) in [5.41, 5.74) is 6.19. The van der Waals surface area contributed by atoms with Crippen molar-refractivity contribution >= 4 is 22.8 Å². The summed E-state index contributed by atoms with van der Waals surface area (Å²) in [5.74, 6) is -0.422. The highest BCUT2D eigenvalue weighted by molar-refractivity contribution is 5.96. The van der Waals surface area contributed by atoms with Gasteiger partial charge in [0, 0.05) is 23.3 Å². The van der Waals surface area contributed by atoms with Gasteiger partial charge in [0.05, 0.1) is 11.1 Å². The van der Waals surface area contributed by atoms with Crippen molar-refractivity contribution in [2.75, 3.05) is 5.32 Å². The van der Waals surface area contributed by atoms with Gasteiger partial charge in [0.15, 0.2) is 0 Å². The van der Waals surface area contributed by atoms with Crippen molar-refractivity contribution in [2.45, 2.75) is 24.8 Å². The molecule has 1 fully saturated rings. The molecule has 0 saturated heterocycles. The number of fused-ring (bicyclic) bond motifs is 1. The molecule has 0 radical (unpaired) electrons. The molecule has 1 aromatic carbocycles. The third-order valence-electron chi connectivity index (χ3n) is 4.63. The number of primary amides is 1. The van der Waals surface area contributed by atoms with Gasteiger partial charge < -0.3 is 11.1 Å². The first-order valence-corrected chi connectivity index (χ1v) is 8.03. The average Bonchev–Trinajstić information content (AvgIpc) is 2.58. The minimum atomic E-state index is -0.577. The van der Waals surface area contributed by atoms with Crippen LogP contribution in [0.15, 0.2) is 42.7 Å². The summed E-state index contributed by atoms with van der Waals surface area (Å²) >= 11 is 0. The fourth-order valence-corrected chi connectivity index (χ4v) is 3.15. The Kier molecular flexibility index (Phi) is 3.56. The Balaban J connectivity index is 1.69. The molecular formula is C18H16FN5O. The fraction of sp³-hybridized carbons (Fsp3) is 0.222. The summed E-state index contributed by atoms with van der Waals surface area (Å²) in [6.45, 7) is 0. The summed E-state index contributed by atoms with van der Waals surface area (Å²) < 4.78 is 14.2. The van der Waals surface area contributed by atoms with Gasteiger partial charge in [-0.25, -0.2) is 14.4 Å². The first-order valence-electron chi connectivity index (χ1n) is 8.03. The molecule has 6 nitrogen and oxygen atoms in total. The van der Waals surface area contributed by atoms with Crippen LogP contribution in [0, 0.1) is 5.82 Å². The number of amides is 1. The van der Waals surface area contributed by atoms with Crippen LogP contribution in [0.1, 0.15) is 35.3 Å². The van der Waals surface area contributed by atoms with Crippen LogP contribution < -0.4 is 11.1 Å². The molecule has 3 aromatic rings. The number of nitrogens with zero attached hydrogens (tertiary/aromatic N) is 3. The summed E-state index contributed by atoms with van der Waals surface area (Å²) in [6.07, 6.45) is 5.73. The number of benzene rings is 1. The van der Waals surface area contributed by atoms with Crippen molar-refractivity contribution < 1.29 is 9.18 Å². The van der Waals surface area contributed by atoms with Crippen molar-refractivity contribution in [3.05, 3.63) is 59.8 Å². The molecular weight excluding hydrogens is 321 g/mol. The summed E-state index contributed by atoms with van der Waals surface area (Å²) in [7, 11) is 0. The number of nitrogens with one attached hydrogen (secondary N) is 1. The molecule has 4 rings (SSSR count). The quantitative estimate of drug-likeness (QED) is 0.763. The summed E-state index contributed by atoms with van der Waals surface area (Å²) in [5, 5.41) is 3.98. The second-order valence-corrected chi connectivity index (χ2v) is 6.23.